The van der Waals surface area contributed by atoms with Crippen LogP contribution in [0.4, 0.5) is 28.4 Å². The van der Waals surface area contributed by atoms with E-state index in [4.69, 9.17) is 4.42 Å². The molecular weight excluding hydrogens is 844 g/mol. The minimum Gasteiger partial charge on any atom is -0.466 e. The minimum atomic E-state index is -0.260. The molecule has 7 aromatic carbocycles. The van der Waals surface area contributed by atoms with E-state index >= 15 is 0 Å². The van der Waals surface area contributed by atoms with Gasteiger partial charge in [0.15, 0.2) is 0 Å². The lowest BCUT2D eigenvalue weighted by Crippen LogP contribution is -2.61. The molecule has 338 valence electrons. The average molecular weight is 905 g/mol. The highest BCUT2D eigenvalue weighted by atomic mass is 32.1. The van der Waals surface area contributed by atoms with Crippen molar-refractivity contribution in [2.45, 2.75) is 123 Å². The van der Waals surface area contributed by atoms with Crippen LogP contribution in [0, 0.1) is 0 Å². The van der Waals surface area contributed by atoms with Crippen molar-refractivity contribution in [3.63, 3.8) is 0 Å². The van der Waals surface area contributed by atoms with Gasteiger partial charge in [-0.3, -0.25) is 0 Å². The molecule has 3 nitrogen and oxygen atoms in total. The quantitative estimate of drug-likeness (QED) is 0.161. The van der Waals surface area contributed by atoms with Crippen LogP contribution in [0.5, 0.6) is 0 Å². The summed E-state index contributed by atoms with van der Waals surface area (Å²) in [7, 11) is 0. The number of anilines is 5. The summed E-state index contributed by atoms with van der Waals surface area (Å²) >= 11 is 1.90. The monoisotopic (exact) mass is 904 g/mol. The number of nitrogens with zero attached hydrogens (tertiary/aromatic N) is 2. The van der Waals surface area contributed by atoms with Crippen LogP contribution in [0.15, 0.2) is 132 Å². The molecule has 0 saturated carbocycles. The fraction of sp³-hybridized carbons (Fsp3) is 0.302. The maximum atomic E-state index is 7.73. The highest BCUT2D eigenvalue weighted by Gasteiger charge is 2.53. The molecule has 0 unspecified atom stereocenters. The van der Waals surface area contributed by atoms with E-state index in [2.05, 4.69) is 220 Å². The van der Waals surface area contributed by atoms with E-state index in [-0.39, 0.29) is 33.9 Å². The second kappa shape index (κ2) is 13.6. The topological polar surface area (TPSA) is 19.6 Å². The van der Waals surface area contributed by atoms with Crippen LogP contribution in [0.2, 0.25) is 0 Å². The summed E-state index contributed by atoms with van der Waals surface area (Å²) in [4.78, 5) is 5.27. The molecule has 13 rings (SSSR count). The summed E-state index contributed by atoms with van der Waals surface area (Å²) in [6, 6.07) is 49.7. The predicted octanol–water partition coefficient (Wildman–Crippen LogP) is 16.8. The van der Waals surface area contributed by atoms with Gasteiger partial charge in [0.25, 0.3) is 0 Å². The van der Waals surface area contributed by atoms with E-state index < -0.39 is 0 Å². The second-order valence-electron chi connectivity index (χ2n) is 24.4. The van der Waals surface area contributed by atoms with Gasteiger partial charge in [0.05, 0.1) is 5.69 Å². The summed E-state index contributed by atoms with van der Waals surface area (Å²) in [6.07, 6.45) is 2.29. The van der Waals surface area contributed by atoms with E-state index in [1.165, 1.54) is 104 Å². The molecule has 2 aliphatic heterocycles. The number of furan rings is 1. The standard InChI is InChI=1S/C63H61BN2OS/c1-59(2,3)36-21-25-38(26-22-36)65-50-33-43-40-17-13-15-19-46(40)63(11,12)55(43)54-44-31-42-41-18-14-16-20-52(41)68-53(42)35-49(44)66(39-27-23-37(24-28-39)60(4,5)6)64(56(50)54)58-57(65)45-32-47-48(34-51(45)67-58)62(9,10)30-29-61(47,7)8/h13-28,31-35H,29-30H2,1-12H3. The zero-order valence-electron chi connectivity index (χ0n) is 41.8. The summed E-state index contributed by atoms with van der Waals surface area (Å²) < 4.78 is 10.4. The molecule has 4 aliphatic rings. The van der Waals surface area contributed by atoms with Crippen molar-refractivity contribution in [3.05, 3.63) is 161 Å². The third-order valence-corrected chi connectivity index (χ3v) is 17.9. The van der Waals surface area contributed by atoms with Crippen LogP contribution in [-0.2, 0) is 27.1 Å². The highest BCUT2D eigenvalue weighted by molar-refractivity contribution is 7.25. The van der Waals surface area contributed by atoms with Crippen molar-refractivity contribution in [1.82, 2.24) is 0 Å². The van der Waals surface area contributed by atoms with E-state index in [1.54, 1.807) is 0 Å². The van der Waals surface area contributed by atoms with E-state index in [9.17, 15) is 0 Å². The van der Waals surface area contributed by atoms with Crippen LogP contribution in [0.1, 0.15) is 129 Å². The molecule has 2 aromatic heterocycles. The maximum absolute atomic E-state index is 7.73. The normalized spacial score (nSPS) is 17.3. The molecule has 0 radical (unpaired) electrons. The van der Waals surface area contributed by atoms with Gasteiger partial charge in [-0.25, -0.2) is 0 Å². The van der Waals surface area contributed by atoms with Gasteiger partial charge in [0.2, 0.25) is 0 Å². The lowest BCUT2D eigenvalue weighted by atomic mass is 9.45. The Bertz CT molecular complexity index is 3630. The van der Waals surface area contributed by atoms with Crippen LogP contribution >= 0.6 is 11.3 Å². The third kappa shape index (κ3) is 5.72. The van der Waals surface area contributed by atoms with Gasteiger partial charge < -0.3 is 14.1 Å². The zero-order valence-corrected chi connectivity index (χ0v) is 42.6. The Labute approximate surface area is 406 Å². The Morgan fingerprint density at radius 3 is 1.84 bits per heavy atom. The van der Waals surface area contributed by atoms with Crippen LogP contribution < -0.4 is 20.8 Å². The lowest BCUT2D eigenvalue weighted by Gasteiger charge is -2.45. The number of hydrogen-bond donors (Lipinski definition) is 0. The molecule has 0 atom stereocenters. The molecule has 0 amide bonds. The fourth-order valence-electron chi connectivity index (χ4n) is 12.8. The van der Waals surface area contributed by atoms with Gasteiger partial charge in [0.1, 0.15) is 11.2 Å². The van der Waals surface area contributed by atoms with Gasteiger partial charge >= 0.3 is 6.85 Å². The van der Waals surface area contributed by atoms with E-state index in [0.29, 0.717) is 0 Å². The molecular formula is C63H61BN2OS. The lowest BCUT2D eigenvalue weighted by molar-refractivity contribution is 0.332. The number of thiophene rings is 1. The molecule has 0 N–H and O–H groups in total. The van der Waals surface area contributed by atoms with Crippen molar-refractivity contribution in [1.29, 1.82) is 0 Å². The Balaban J connectivity index is 1.22. The first-order valence-electron chi connectivity index (χ1n) is 24.9. The molecule has 0 fully saturated rings. The van der Waals surface area contributed by atoms with Crippen molar-refractivity contribution in [2.75, 3.05) is 9.71 Å². The maximum Gasteiger partial charge on any atom is 0.375 e. The summed E-state index contributed by atoms with van der Waals surface area (Å²) in [5.41, 5.74) is 22.6. The molecule has 0 saturated heterocycles. The van der Waals surface area contributed by atoms with Gasteiger partial charge in [-0.05, 0) is 151 Å². The Morgan fingerprint density at radius 2 is 1.16 bits per heavy atom. The molecule has 9 aromatic rings. The first-order valence-corrected chi connectivity index (χ1v) is 25.7. The fourth-order valence-corrected chi connectivity index (χ4v) is 14.0. The van der Waals surface area contributed by atoms with Crippen LogP contribution in [0.25, 0.3) is 53.4 Å². The zero-order chi connectivity index (χ0) is 47.2. The van der Waals surface area contributed by atoms with Crippen molar-refractivity contribution >= 4 is 88.9 Å². The number of fused-ring (bicyclic) bond motifs is 14. The SMILES string of the molecule is CC(C)(C)c1ccc(N2B3c4oc5cc6c(cc5c4N(c4ccc(C(C)(C)C)cc4)c4cc5c(c(c43)-c3cc4c(cc32)sc2ccccc24)C(C)(C)c2ccccc2-5)C(C)(C)CCC6(C)C)cc1. The van der Waals surface area contributed by atoms with Gasteiger partial charge in [-0.15, -0.1) is 11.3 Å². The molecule has 68 heavy (non-hydrogen) atoms. The summed E-state index contributed by atoms with van der Waals surface area (Å²) in [6.45, 7) is 28.3. The van der Waals surface area contributed by atoms with E-state index in [0.717, 1.165) is 35.5 Å². The largest absolute Gasteiger partial charge is 0.466 e. The van der Waals surface area contributed by atoms with Crippen molar-refractivity contribution in [3.8, 4) is 22.3 Å². The highest BCUT2D eigenvalue weighted by Crippen LogP contribution is 2.59. The molecule has 5 heteroatoms. The molecule has 0 spiro atoms. The Morgan fingerprint density at radius 1 is 0.544 bits per heavy atom. The van der Waals surface area contributed by atoms with E-state index in [1.807, 2.05) is 11.3 Å². The van der Waals surface area contributed by atoms with Gasteiger partial charge in [-0.2, -0.15) is 0 Å². The minimum absolute atomic E-state index is 0.0163. The third-order valence-electron chi connectivity index (χ3n) is 16.8. The van der Waals surface area contributed by atoms with Crippen molar-refractivity contribution in [2.24, 2.45) is 0 Å². The summed E-state index contributed by atoms with van der Waals surface area (Å²) in [5, 5.41) is 3.82. The number of benzene rings is 7. The van der Waals surface area contributed by atoms with Gasteiger partial charge in [0, 0.05) is 59.3 Å². The first kappa shape index (κ1) is 42.1. The molecule has 0 bridgehead atoms. The first-order chi connectivity index (χ1) is 32.2. The summed E-state index contributed by atoms with van der Waals surface area (Å²) in [5.74, 6) is 0. The molecule has 2 aliphatic carbocycles. The van der Waals surface area contributed by atoms with Gasteiger partial charge in [-0.1, -0.05) is 150 Å². The van der Waals surface area contributed by atoms with Crippen LogP contribution in [0.3, 0.4) is 0 Å². The predicted molar refractivity (Wildman–Crippen MR) is 293 cm³/mol. The Kier molecular flexibility index (Phi) is 8.42. The number of rotatable bonds is 2. The van der Waals surface area contributed by atoms with Crippen molar-refractivity contribution < 1.29 is 4.42 Å². The Hall–Kier alpha value is -6.04. The number of hydrogen-bond acceptors (Lipinski definition) is 4. The second-order valence-corrected chi connectivity index (χ2v) is 25.5. The smallest absolute Gasteiger partial charge is 0.375 e. The molecule has 4 heterocycles. The van der Waals surface area contributed by atoms with Crippen LogP contribution in [-0.4, -0.2) is 6.85 Å². The average Bonchev–Trinajstić information content (AvgIpc) is 3.93.